The van der Waals surface area contributed by atoms with Gasteiger partial charge in [0, 0.05) is 25.1 Å². The fourth-order valence-corrected chi connectivity index (χ4v) is 2.09. The fourth-order valence-electron chi connectivity index (χ4n) is 2.09. The van der Waals surface area contributed by atoms with Crippen molar-refractivity contribution in [3.05, 3.63) is 17.6 Å². The molecule has 0 saturated carbocycles. The molecule has 0 fully saturated rings. The second kappa shape index (κ2) is 5.96. The summed E-state index contributed by atoms with van der Waals surface area (Å²) in [5.41, 5.74) is 2.28. The number of aromatic nitrogens is 2. The predicted octanol–water partition coefficient (Wildman–Crippen LogP) is 1.94. The lowest BCUT2D eigenvalue weighted by molar-refractivity contribution is 0.229. The minimum Gasteiger partial charge on any atom is -0.477 e. The quantitative estimate of drug-likeness (QED) is 0.847. The Morgan fingerprint density at radius 2 is 2.18 bits per heavy atom. The van der Waals surface area contributed by atoms with E-state index in [0.717, 1.165) is 56.1 Å². The maximum Gasteiger partial charge on any atom is 0.221 e. The Bertz CT molecular complexity index is 364. The van der Waals surface area contributed by atoms with Crippen LogP contribution in [-0.2, 0) is 13.0 Å². The van der Waals surface area contributed by atoms with Crippen LogP contribution in [0.4, 0.5) is 0 Å². The second-order valence-electron chi connectivity index (χ2n) is 4.52. The van der Waals surface area contributed by atoms with Gasteiger partial charge in [-0.05, 0) is 5.92 Å². The van der Waals surface area contributed by atoms with Crippen LogP contribution < -0.4 is 10.1 Å². The molecule has 0 amide bonds. The van der Waals surface area contributed by atoms with E-state index in [0.29, 0.717) is 5.92 Å². The fraction of sp³-hybridized carbons (Fsp3) is 0.692. The zero-order valence-electron chi connectivity index (χ0n) is 10.7. The average molecular weight is 235 g/mol. The van der Waals surface area contributed by atoms with Gasteiger partial charge in [-0.1, -0.05) is 26.7 Å². The third-order valence-electron chi connectivity index (χ3n) is 3.45. The first-order valence-electron chi connectivity index (χ1n) is 6.51. The van der Waals surface area contributed by atoms with Gasteiger partial charge in [0.1, 0.15) is 6.33 Å². The summed E-state index contributed by atoms with van der Waals surface area (Å²) in [7, 11) is 0. The molecule has 1 N–H and O–H groups in total. The van der Waals surface area contributed by atoms with Crippen LogP contribution in [0, 0.1) is 5.92 Å². The van der Waals surface area contributed by atoms with Crippen LogP contribution in [0.3, 0.4) is 0 Å². The SMILES string of the molecule is CCC(CC)COc1ncnc2c1CNCC2. The Labute approximate surface area is 103 Å². The molecule has 0 radical (unpaired) electrons. The first-order valence-corrected chi connectivity index (χ1v) is 6.51. The Morgan fingerprint density at radius 3 is 2.94 bits per heavy atom. The smallest absolute Gasteiger partial charge is 0.221 e. The van der Waals surface area contributed by atoms with Crippen LogP contribution in [0.1, 0.15) is 37.9 Å². The normalized spacial score (nSPS) is 14.8. The Morgan fingerprint density at radius 1 is 1.35 bits per heavy atom. The highest BCUT2D eigenvalue weighted by molar-refractivity contribution is 5.31. The van der Waals surface area contributed by atoms with Gasteiger partial charge in [0.25, 0.3) is 0 Å². The van der Waals surface area contributed by atoms with Gasteiger partial charge in [-0.15, -0.1) is 0 Å². The van der Waals surface area contributed by atoms with E-state index in [2.05, 4.69) is 29.1 Å². The maximum absolute atomic E-state index is 5.86. The van der Waals surface area contributed by atoms with Crippen molar-refractivity contribution in [2.75, 3.05) is 13.2 Å². The molecule has 0 bridgehead atoms. The van der Waals surface area contributed by atoms with Crippen LogP contribution in [0.2, 0.25) is 0 Å². The summed E-state index contributed by atoms with van der Waals surface area (Å²) < 4.78 is 5.86. The van der Waals surface area contributed by atoms with Gasteiger partial charge < -0.3 is 10.1 Å². The number of rotatable bonds is 5. The summed E-state index contributed by atoms with van der Waals surface area (Å²) in [4.78, 5) is 8.58. The third-order valence-corrected chi connectivity index (χ3v) is 3.45. The summed E-state index contributed by atoms with van der Waals surface area (Å²) in [5, 5.41) is 3.34. The molecule has 2 rings (SSSR count). The highest BCUT2D eigenvalue weighted by atomic mass is 16.5. The monoisotopic (exact) mass is 235 g/mol. The van der Waals surface area contributed by atoms with Crippen molar-refractivity contribution in [2.24, 2.45) is 5.92 Å². The van der Waals surface area contributed by atoms with Crippen LogP contribution in [0.15, 0.2) is 6.33 Å². The standard InChI is InChI=1S/C13H21N3O/c1-3-10(4-2)8-17-13-11-7-14-6-5-12(11)15-9-16-13/h9-10,14H,3-8H2,1-2H3. The van der Waals surface area contributed by atoms with E-state index in [9.17, 15) is 0 Å². The van der Waals surface area contributed by atoms with E-state index in [1.807, 2.05) is 0 Å². The van der Waals surface area contributed by atoms with Crippen molar-refractivity contribution in [1.29, 1.82) is 0 Å². The molecule has 94 valence electrons. The van der Waals surface area contributed by atoms with Gasteiger partial charge >= 0.3 is 0 Å². The van der Waals surface area contributed by atoms with Gasteiger partial charge in [0.2, 0.25) is 5.88 Å². The zero-order valence-corrected chi connectivity index (χ0v) is 10.7. The van der Waals surface area contributed by atoms with Gasteiger partial charge in [0.05, 0.1) is 12.3 Å². The molecular weight excluding hydrogens is 214 g/mol. The molecule has 0 aliphatic carbocycles. The van der Waals surface area contributed by atoms with E-state index < -0.39 is 0 Å². The van der Waals surface area contributed by atoms with E-state index in [1.54, 1.807) is 6.33 Å². The molecule has 17 heavy (non-hydrogen) atoms. The number of nitrogens with zero attached hydrogens (tertiary/aromatic N) is 2. The van der Waals surface area contributed by atoms with Gasteiger partial charge in [-0.2, -0.15) is 0 Å². The molecule has 1 aliphatic rings. The largest absolute Gasteiger partial charge is 0.477 e. The van der Waals surface area contributed by atoms with E-state index in [4.69, 9.17) is 4.74 Å². The molecule has 1 aliphatic heterocycles. The van der Waals surface area contributed by atoms with Crippen molar-refractivity contribution in [1.82, 2.24) is 15.3 Å². The van der Waals surface area contributed by atoms with Crippen molar-refractivity contribution < 1.29 is 4.74 Å². The summed E-state index contributed by atoms with van der Waals surface area (Å²) in [6.07, 6.45) is 4.90. The average Bonchev–Trinajstić information content (AvgIpc) is 2.40. The Balaban J connectivity index is 2.05. The molecular formula is C13H21N3O. The summed E-state index contributed by atoms with van der Waals surface area (Å²) >= 11 is 0. The van der Waals surface area contributed by atoms with E-state index in [1.165, 1.54) is 0 Å². The molecule has 1 aromatic rings. The lowest BCUT2D eigenvalue weighted by atomic mass is 10.1. The number of hydrogen-bond donors (Lipinski definition) is 1. The minimum absolute atomic E-state index is 0.622. The topological polar surface area (TPSA) is 47.0 Å². The van der Waals surface area contributed by atoms with Crippen molar-refractivity contribution in [3.63, 3.8) is 0 Å². The molecule has 0 unspecified atom stereocenters. The van der Waals surface area contributed by atoms with Gasteiger partial charge in [-0.3, -0.25) is 0 Å². The Hall–Kier alpha value is -1.16. The first kappa shape index (κ1) is 12.3. The van der Waals surface area contributed by atoms with Crippen molar-refractivity contribution in [2.45, 2.75) is 39.7 Å². The highest BCUT2D eigenvalue weighted by Crippen LogP contribution is 2.21. The lowest BCUT2D eigenvalue weighted by Crippen LogP contribution is -2.26. The second-order valence-corrected chi connectivity index (χ2v) is 4.52. The van der Waals surface area contributed by atoms with Crippen LogP contribution in [-0.4, -0.2) is 23.1 Å². The van der Waals surface area contributed by atoms with Crippen molar-refractivity contribution in [3.8, 4) is 5.88 Å². The minimum atomic E-state index is 0.622. The third kappa shape index (κ3) is 2.94. The van der Waals surface area contributed by atoms with Crippen LogP contribution in [0.5, 0.6) is 5.88 Å². The van der Waals surface area contributed by atoms with Gasteiger partial charge in [0.15, 0.2) is 0 Å². The molecule has 0 aromatic carbocycles. The number of nitrogens with one attached hydrogen (secondary N) is 1. The van der Waals surface area contributed by atoms with E-state index in [-0.39, 0.29) is 0 Å². The van der Waals surface area contributed by atoms with Gasteiger partial charge in [-0.25, -0.2) is 9.97 Å². The lowest BCUT2D eigenvalue weighted by Gasteiger charge is -2.20. The number of fused-ring (bicyclic) bond motifs is 1. The predicted molar refractivity (Wildman–Crippen MR) is 67.0 cm³/mol. The number of hydrogen-bond acceptors (Lipinski definition) is 4. The summed E-state index contributed by atoms with van der Waals surface area (Å²) in [5.74, 6) is 1.39. The Kier molecular flexibility index (Phi) is 4.31. The summed E-state index contributed by atoms with van der Waals surface area (Å²) in [6, 6.07) is 0. The van der Waals surface area contributed by atoms with E-state index >= 15 is 0 Å². The summed E-state index contributed by atoms with van der Waals surface area (Å²) in [6.45, 7) is 6.99. The molecule has 0 spiro atoms. The molecule has 0 atom stereocenters. The zero-order chi connectivity index (χ0) is 12.1. The maximum atomic E-state index is 5.86. The van der Waals surface area contributed by atoms with Crippen LogP contribution in [0.25, 0.3) is 0 Å². The molecule has 4 nitrogen and oxygen atoms in total. The molecule has 0 saturated heterocycles. The molecule has 1 aromatic heterocycles. The first-order chi connectivity index (χ1) is 8.35. The number of ether oxygens (including phenoxy) is 1. The van der Waals surface area contributed by atoms with Crippen LogP contribution >= 0.6 is 0 Å². The molecule has 2 heterocycles. The molecule has 4 heteroatoms. The highest BCUT2D eigenvalue weighted by Gasteiger charge is 2.16. The van der Waals surface area contributed by atoms with Crippen molar-refractivity contribution >= 4 is 0 Å².